The molecule has 1 fully saturated rings. The first kappa shape index (κ1) is 20.8. The summed E-state index contributed by atoms with van der Waals surface area (Å²) in [5.41, 5.74) is -0.705. The van der Waals surface area contributed by atoms with E-state index >= 15 is 0 Å². The van der Waals surface area contributed by atoms with Gasteiger partial charge in [0, 0.05) is 17.1 Å². The van der Waals surface area contributed by atoms with Gasteiger partial charge in [0.05, 0.1) is 10.5 Å². The number of nitrogens with zero attached hydrogens (tertiary/aromatic N) is 3. The van der Waals surface area contributed by atoms with Crippen molar-refractivity contribution in [3.8, 4) is 11.4 Å². The van der Waals surface area contributed by atoms with Gasteiger partial charge in [-0.3, -0.25) is 0 Å². The number of rotatable bonds is 4. The summed E-state index contributed by atoms with van der Waals surface area (Å²) in [4.78, 5) is 4.26. The van der Waals surface area contributed by atoms with Crippen molar-refractivity contribution in [2.45, 2.75) is 30.0 Å². The molecule has 11 heteroatoms. The van der Waals surface area contributed by atoms with Gasteiger partial charge in [-0.2, -0.15) is 22.5 Å². The van der Waals surface area contributed by atoms with Crippen LogP contribution in [0, 0.1) is 0 Å². The van der Waals surface area contributed by atoms with Crippen molar-refractivity contribution in [2.24, 2.45) is 0 Å². The summed E-state index contributed by atoms with van der Waals surface area (Å²) >= 11 is 5.83. The summed E-state index contributed by atoms with van der Waals surface area (Å²) in [5.74, 6) is 0.00397. The van der Waals surface area contributed by atoms with E-state index in [1.54, 1.807) is 0 Å². The highest BCUT2D eigenvalue weighted by Crippen LogP contribution is 2.37. The van der Waals surface area contributed by atoms with Crippen LogP contribution in [0.2, 0.25) is 5.02 Å². The molecule has 0 saturated carbocycles. The second kappa shape index (κ2) is 7.68. The first-order valence-corrected chi connectivity index (χ1v) is 10.8. The maximum Gasteiger partial charge on any atom is 0.416 e. The average Bonchev–Trinajstić information content (AvgIpc) is 3.37. The predicted octanol–water partition coefficient (Wildman–Crippen LogP) is 4.93. The summed E-state index contributed by atoms with van der Waals surface area (Å²) in [5, 5.41) is 4.17. The average molecular weight is 458 g/mol. The third-order valence-electron chi connectivity index (χ3n) is 4.80. The molecule has 2 aromatic carbocycles. The second-order valence-corrected chi connectivity index (χ2v) is 9.09. The lowest BCUT2D eigenvalue weighted by atomic mass is 10.1. The topological polar surface area (TPSA) is 76.3 Å². The van der Waals surface area contributed by atoms with Gasteiger partial charge in [0.1, 0.15) is 6.04 Å². The van der Waals surface area contributed by atoms with Crippen LogP contribution in [0.3, 0.4) is 0 Å². The van der Waals surface area contributed by atoms with Gasteiger partial charge in [0.15, 0.2) is 0 Å². The highest BCUT2D eigenvalue weighted by atomic mass is 35.5. The second-order valence-electron chi connectivity index (χ2n) is 6.76. The molecule has 0 N–H and O–H groups in total. The molecule has 1 saturated heterocycles. The van der Waals surface area contributed by atoms with Crippen molar-refractivity contribution >= 4 is 21.6 Å². The minimum atomic E-state index is -4.50. The fourth-order valence-corrected chi connectivity index (χ4v) is 5.12. The van der Waals surface area contributed by atoms with Crippen LogP contribution < -0.4 is 0 Å². The van der Waals surface area contributed by atoms with Crippen molar-refractivity contribution in [2.75, 3.05) is 6.54 Å². The Balaban J connectivity index is 1.64. The largest absolute Gasteiger partial charge is 0.416 e. The predicted molar refractivity (Wildman–Crippen MR) is 102 cm³/mol. The molecule has 1 atom stereocenters. The number of alkyl halides is 3. The molecule has 0 aliphatic carbocycles. The summed E-state index contributed by atoms with van der Waals surface area (Å²) in [6, 6.07) is 9.65. The van der Waals surface area contributed by atoms with E-state index in [0.717, 1.165) is 12.1 Å². The molecule has 30 heavy (non-hydrogen) atoms. The van der Waals surface area contributed by atoms with E-state index < -0.39 is 27.8 Å². The quantitative estimate of drug-likeness (QED) is 0.555. The van der Waals surface area contributed by atoms with Crippen molar-refractivity contribution in [1.82, 2.24) is 14.4 Å². The molecular formula is C19H15ClF3N3O3S. The van der Waals surface area contributed by atoms with E-state index in [9.17, 15) is 21.6 Å². The van der Waals surface area contributed by atoms with Crippen molar-refractivity contribution in [3.05, 3.63) is 65.0 Å². The third kappa shape index (κ3) is 3.94. The fraction of sp³-hybridized carbons (Fsp3) is 0.263. The van der Waals surface area contributed by atoms with E-state index in [-0.39, 0.29) is 28.7 Å². The van der Waals surface area contributed by atoms with Crippen molar-refractivity contribution < 1.29 is 26.1 Å². The molecule has 0 radical (unpaired) electrons. The SMILES string of the molecule is O=S(=O)(c1ccc(Cl)cc1)N1CCC[C@@H]1c1nc(-c2cccc(C(F)(F)F)c2)no1. The van der Waals surface area contributed by atoms with Crippen LogP contribution in [0.25, 0.3) is 11.4 Å². The van der Waals surface area contributed by atoms with Gasteiger partial charge in [-0.15, -0.1) is 0 Å². The minimum Gasteiger partial charge on any atom is -0.337 e. The number of sulfonamides is 1. The standard InChI is InChI=1S/C19H15ClF3N3O3S/c20-14-6-8-15(9-7-14)30(27,28)26-10-2-5-16(26)18-24-17(25-29-18)12-3-1-4-13(11-12)19(21,22)23/h1,3-4,6-9,11,16H,2,5,10H2/t16-/m1/s1. The van der Waals surface area contributed by atoms with Gasteiger partial charge in [-0.05, 0) is 49.2 Å². The molecular weight excluding hydrogens is 443 g/mol. The molecule has 2 heterocycles. The summed E-state index contributed by atoms with van der Waals surface area (Å²) in [6.07, 6.45) is -3.46. The van der Waals surface area contributed by atoms with E-state index in [2.05, 4.69) is 10.1 Å². The van der Waals surface area contributed by atoms with Gasteiger partial charge in [-0.1, -0.05) is 28.9 Å². The number of hydrogen-bond donors (Lipinski definition) is 0. The molecule has 158 valence electrons. The Morgan fingerprint density at radius 1 is 1.13 bits per heavy atom. The van der Waals surface area contributed by atoms with E-state index in [4.69, 9.17) is 16.1 Å². The molecule has 0 unspecified atom stereocenters. The van der Waals surface area contributed by atoms with E-state index in [0.29, 0.717) is 17.9 Å². The Labute approximate surface area is 175 Å². The lowest BCUT2D eigenvalue weighted by molar-refractivity contribution is -0.137. The highest BCUT2D eigenvalue weighted by molar-refractivity contribution is 7.89. The lowest BCUT2D eigenvalue weighted by Gasteiger charge is -2.21. The van der Waals surface area contributed by atoms with Crippen molar-refractivity contribution in [1.29, 1.82) is 0 Å². The molecule has 1 aliphatic heterocycles. The molecule has 0 bridgehead atoms. The first-order valence-electron chi connectivity index (χ1n) is 8.95. The van der Waals surface area contributed by atoms with Gasteiger partial charge in [-0.25, -0.2) is 8.42 Å². The van der Waals surface area contributed by atoms with Crippen LogP contribution in [0.5, 0.6) is 0 Å². The molecule has 4 rings (SSSR count). The van der Waals surface area contributed by atoms with Crippen LogP contribution in [0.4, 0.5) is 13.2 Å². The first-order chi connectivity index (χ1) is 14.2. The molecule has 6 nitrogen and oxygen atoms in total. The lowest BCUT2D eigenvalue weighted by Crippen LogP contribution is -2.30. The van der Waals surface area contributed by atoms with Crippen LogP contribution in [0.1, 0.15) is 30.3 Å². The molecule has 1 aromatic heterocycles. The van der Waals surface area contributed by atoms with Crippen LogP contribution in [0.15, 0.2) is 57.9 Å². The molecule has 0 amide bonds. The van der Waals surface area contributed by atoms with E-state index in [1.165, 1.54) is 40.7 Å². The smallest absolute Gasteiger partial charge is 0.337 e. The fourth-order valence-electron chi connectivity index (χ4n) is 3.34. The van der Waals surface area contributed by atoms with Crippen LogP contribution in [-0.4, -0.2) is 29.4 Å². The maximum atomic E-state index is 13.0. The summed E-state index contributed by atoms with van der Waals surface area (Å²) in [7, 11) is -3.84. The zero-order chi connectivity index (χ0) is 21.5. The highest BCUT2D eigenvalue weighted by Gasteiger charge is 2.39. The monoisotopic (exact) mass is 457 g/mol. The van der Waals surface area contributed by atoms with Crippen LogP contribution in [-0.2, 0) is 16.2 Å². The maximum absolute atomic E-state index is 13.0. The Morgan fingerprint density at radius 3 is 2.57 bits per heavy atom. The summed E-state index contributed by atoms with van der Waals surface area (Å²) < 4.78 is 71.4. The Morgan fingerprint density at radius 2 is 1.87 bits per heavy atom. The number of aromatic nitrogens is 2. The van der Waals surface area contributed by atoms with Crippen molar-refractivity contribution in [3.63, 3.8) is 0 Å². The molecule has 3 aromatic rings. The normalized spacial score (nSPS) is 18.1. The molecule has 1 aliphatic rings. The molecule has 0 spiro atoms. The van der Waals surface area contributed by atoms with Crippen LogP contribution >= 0.6 is 11.6 Å². The zero-order valence-corrected chi connectivity index (χ0v) is 16.9. The van der Waals surface area contributed by atoms with Gasteiger partial charge < -0.3 is 4.52 Å². The number of hydrogen-bond acceptors (Lipinski definition) is 5. The van der Waals surface area contributed by atoms with Gasteiger partial charge >= 0.3 is 6.18 Å². The van der Waals surface area contributed by atoms with Gasteiger partial charge in [0.2, 0.25) is 21.7 Å². The van der Waals surface area contributed by atoms with E-state index in [1.807, 2.05) is 0 Å². The Bertz CT molecular complexity index is 1160. The van der Waals surface area contributed by atoms with Gasteiger partial charge in [0.25, 0.3) is 0 Å². The third-order valence-corrected chi connectivity index (χ3v) is 6.97. The Kier molecular flexibility index (Phi) is 5.33. The summed E-state index contributed by atoms with van der Waals surface area (Å²) in [6.45, 7) is 0.261. The number of benzene rings is 2. The number of halogens is 4. The minimum absolute atomic E-state index is 0.0353. The zero-order valence-electron chi connectivity index (χ0n) is 15.3. The Hall–Kier alpha value is -2.43.